The summed E-state index contributed by atoms with van der Waals surface area (Å²) < 4.78 is 7.58. The largest absolute Gasteiger partial charge is 0.336 e. The van der Waals surface area contributed by atoms with Crippen LogP contribution in [0.15, 0.2) is 28.9 Å². The van der Waals surface area contributed by atoms with E-state index in [-0.39, 0.29) is 11.8 Å². The number of carbonyl (C=O) groups is 1. The van der Waals surface area contributed by atoms with Crippen LogP contribution in [0.3, 0.4) is 0 Å². The Kier molecular flexibility index (Phi) is 5.40. The molecule has 0 bridgehead atoms. The minimum absolute atomic E-state index is 0.0247. The first-order valence-electron chi connectivity index (χ1n) is 11.5. The number of aryl methyl sites for hydroxylation is 3. The van der Waals surface area contributed by atoms with Crippen molar-refractivity contribution in [2.24, 2.45) is 0 Å². The maximum Gasteiger partial charge on any atom is 0.259 e. The lowest BCUT2D eigenvalue weighted by atomic mass is 10.0. The van der Waals surface area contributed by atoms with Crippen LogP contribution < -0.4 is 0 Å². The summed E-state index contributed by atoms with van der Waals surface area (Å²) in [5.74, 6) is 0.220. The van der Waals surface area contributed by atoms with E-state index < -0.39 is 0 Å². The van der Waals surface area contributed by atoms with Gasteiger partial charge in [-0.3, -0.25) is 9.69 Å². The monoisotopic (exact) mass is 446 g/mol. The molecule has 0 atom stereocenters. The van der Waals surface area contributed by atoms with Crippen molar-refractivity contribution in [2.75, 3.05) is 26.2 Å². The van der Waals surface area contributed by atoms with Gasteiger partial charge in [-0.1, -0.05) is 19.0 Å². The van der Waals surface area contributed by atoms with Crippen LogP contribution in [-0.2, 0) is 6.54 Å². The predicted octanol–water partition coefficient (Wildman–Crippen LogP) is 3.88. The lowest BCUT2D eigenvalue weighted by Crippen LogP contribution is -2.48. The number of nitrogens with zero attached hydrogens (tertiary/aromatic N) is 6. The molecule has 172 valence electrons. The molecule has 5 rings (SSSR count). The predicted molar refractivity (Wildman–Crippen MR) is 126 cm³/mol. The molecule has 0 N–H and O–H groups in total. The van der Waals surface area contributed by atoms with E-state index in [1.165, 1.54) is 11.3 Å². The van der Waals surface area contributed by atoms with Gasteiger partial charge in [-0.25, -0.2) is 9.97 Å². The third-order valence-electron chi connectivity index (χ3n) is 6.57. The van der Waals surface area contributed by atoms with Crippen molar-refractivity contribution < 1.29 is 9.32 Å². The summed E-state index contributed by atoms with van der Waals surface area (Å²) in [6.07, 6.45) is 2.10. The molecule has 0 aliphatic carbocycles. The lowest BCUT2D eigenvalue weighted by molar-refractivity contribution is 0.0628. The van der Waals surface area contributed by atoms with Crippen LogP contribution in [0, 0.1) is 20.8 Å². The zero-order valence-electron chi connectivity index (χ0n) is 19.9. The zero-order chi connectivity index (χ0) is 23.3. The molecule has 0 radical (unpaired) electrons. The Morgan fingerprint density at radius 3 is 2.55 bits per heavy atom. The number of hydrogen-bond donors (Lipinski definition) is 0. The van der Waals surface area contributed by atoms with Crippen molar-refractivity contribution in [1.29, 1.82) is 0 Å². The number of imidazole rings is 1. The Balaban J connectivity index is 1.33. The smallest absolute Gasteiger partial charge is 0.259 e. The van der Waals surface area contributed by atoms with E-state index in [9.17, 15) is 4.79 Å². The number of carbonyl (C=O) groups excluding carboxylic acids is 1. The second-order valence-corrected chi connectivity index (χ2v) is 9.34. The molecule has 8 nitrogen and oxygen atoms in total. The molecule has 0 aromatic carbocycles. The average Bonchev–Trinajstić information content (AvgIpc) is 3.32. The molecular weight excluding hydrogens is 416 g/mol. The Morgan fingerprint density at radius 2 is 1.82 bits per heavy atom. The molecule has 1 aliphatic rings. The molecule has 0 unspecified atom stereocenters. The van der Waals surface area contributed by atoms with Crippen molar-refractivity contribution in [3.05, 3.63) is 58.3 Å². The maximum atomic E-state index is 13.5. The van der Waals surface area contributed by atoms with Crippen LogP contribution in [0.2, 0.25) is 0 Å². The Morgan fingerprint density at radius 1 is 1.06 bits per heavy atom. The fourth-order valence-corrected chi connectivity index (χ4v) is 4.57. The SMILES string of the molecule is Cc1ccn2c(CN3CCN(C(=O)c4cc(C(C)C)nc5onc(C)c45)CC3)c(C)nc2c1. The normalized spacial score (nSPS) is 15.3. The van der Waals surface area contributed by atoms with E-state index >= 15 is 0 Å². The minimum atomic E-state index is 0.0247. The van der Waals surface area contributed by atoms with Gasteiger partial charge in [0.05, 0.1) is 28.0 Å². The topological polar surface area (TPSA) is 79.8 Å². The molecule has 33 heavy (non-hydrogen) atoms. The first-order chi connectivity index (χ1) is 15.8. The van der Waals surface area contributed by atoms with Crippen LogP contribution in [0.25, 0.3) is 16.7 Å². The number of hydrogen-bond acceptors (Lipinski definition) is 6. The van der Waals surface area contributed by atoms with Gasteiger partial charge in [-0.05, 0) is 50.5 Å². The zero-order valence-corrected chi connectivity index (χ0v) is 19.9. The van der Waals surface area contributed by atoms with Crippen LogP contribution in [0.5, 0.6) is 0 Å². The van der Waals surface area contributed by atoms with E-state index in [0.717, 1.165) is 42.1 Å². The summed E-state index contributed by atoms with van der Waals surface area (Å²) in [5.41, 5.74) is 7.10. The number of pyridine rings is 2. The maximum absolute atomic E-state index is 13.5. The molecule has 0 saturated carbocycles. The van der Waals surface area contributed by atoms with Crippen LogP contribution >= 0.6 is 0 Å². The number of amides is 1. The fraction of sp³-hybridized carbons (Fsp3) is 0.440. The molecule has 8 heteroatoms. The summed E-state index contributed by atoms with van der Waals surface area (Å²) in [6, 6.07) is 6.14. The van der Waals surface area contributed by atoms with E-state index in [4.69, 9.17) is 9.51 Å². The summed E-state index contributed by atoms with van der Waals surface area (Å²) in [5, 5.41) is 4.78. The highest BCUT2D eigenvalue weighted by molar-refractivity contribution is 6.06. The third-order valence-corrected chi connectivity index (χ3v) is 6.57. The van der Waals surface area contributed by atoms with Crippen molar-refractivity contribution in [3.63, 3.8) is 0 Å². The van der Waals surface area contributed by atoms with E-state index in [0.29, 0.717) is 30.1 Å². The molecule has 1 aliphatic heterocycles. The highest BCUT2D eigenvalue weighted by Gasteiger charge is 2.27. The number of fused-ring (bicyclic) bond motifs is 2. The van der Waals surface area contributed by atoms with Gasteiger partial charge in [0.1, 0.15) is 5.65 Å². The molecule has 0 spiro atoms. The third kappa shape index (κ3) is 3.88. The quantitative estimate of drug-likeness (QED) is 0.473. The van der Waals surface area contributed by atoms with Gasteiger partial charge in [0.25, 0.3) is 11.6 Å². The molecule has 4 aromatic rings. The van der Waals surface area contributed by atoms with Crippen LogP contribution in [-0.4, -0.2) is 61.4 Å². The lowest BCUT2D eigenvalue weighted by Gasteiger charge is -2.35. The highest BCUT2D eigenvalue weighted by Crippen LogP contribution is 2.27. The Labute approximate surface area is 193 Å². The van der Waals surface area contributed by atoms with Crippen molar-refractivity contribution in [3.8, 4) is 0 Å². The fourth-order valence-electron chi connectivity index (χ4n) is 4.57. The van der Waals surface area contributed by atoms with Gasteiger partial charge in [0, 0.05) is 44.6 Å². The molecule has 1 amide bonds. The van der Waals surface area contributed by atoms with Gasteiger partial charge >= 0.3 is 0 Å². The van der Waals surface area contributed by atoms with E-state index in [1.807, 2.05) is 17.9 Å². The van der Waals surface area contributed by atoms with E-state index in [1.54, 1.807) is 0 Å². The van der Waals surface area contributed by atoms with Crippen LogP contribution in [0.1, 0.15) is 58.5 Å². The Hall–Kier alpha value is -3.26. The summed E-state index contributed by atoms with van der Waals surface area (Å²) in [6.45, 7) is 14.0. The second-order valence-electron chi connectivity index (χ2n) is 9.34. The minimum Gasteiger partial charge on any atom is -0.336 e. The summed E-state index contributed by atoms with van der Waals surface area (Å²) in [7, 11) is 0. The van der Waals surface area contributed by atoms with Crippen molar-refractivity contribution in [1.82, 2.24) is 29.3 Å². The molecule has 1 fully saturated rings. The molecule has 1 saturated heterocycles. The second kappa shape index (κ2) is 8.26. The highest BCUT2D eigenvalue weighted by atomic mass is 16.5. The van der Waals surface area contributed by atoms with Crippen molar-refractivity contribution >= 4 is 22.7 Å². The van der Waals surface area contributed by atoms with Crippen molar-refractivity contribution in [2.45, 2.75) is 47.1 Å². The first-order valence-corrected chi connectivity index (χ1v) is 11.5. The molecular formula is C25H30N6O2. The number of rotatable bonds is 4. The summed E-state index contributed by atoms with van der Waals surface area (Å²) in [4.78, 5) is 27.1. The van der Waals surface area contributed by atoms with Gasteiger partial charge in [0.15, 0.2) is 0 Å². The standard InChI is InChI=1S/C25H30N6O2/c1-15(2)20-13-19(23-18(5)28-33-24(23)27-20)25(32)30-10-8-29(9-11-30)14-21-17(4)26-22-12-16(3)6-7-31(21)22/h6-7,12-13,15H,8-11,14H2,1-5H3. The van der Waals surface area contributed by atoms with Crippen LogP contribution in [0.4, 0.5) is 0 Å². The average molecular weight is 447 g/mol. The van der Waals surface area contributed by atoms with Gasteiger partial charge < -0.3 is 13.8 Å². The van der Waals surface area contributed by atoms with E-state index in [2.05, 4.69) is 65.5 Å². The van der Waals surface area contributed by atoms with Gasteiger partial charge in [-0.15, -0.1) is 0 Å². The number of aromatic nitrogens is 4. The van der Waals surface area contributed by atoms with Gasteiger partial charge in [0.2, 0.25) is 0 Å². The Bertz CT molecular complexity index is 1340. The molecule has 4 aromatic heterocycles. The number of piperazine rings is 1. The molecule has 5 heterocycles. The first kappa shape index (κ1) is 21.6. The summed E-state index contributed by atoms with van der Waals surface area (Å²) >= 11 is 0. The van der Waals surface area contributed by atoms with Gasteiger partial charge in [-0.2, -0.15) is 0 Å².